The Bertz CT molecular complexity index is 1750. The number of hydrogen-bond acceptors (Lipinski definition) is 11. The number of ether oxygens (including phenoxy) is 2. The van der Waals surface area contributed by atoms with E-state index in [9.17, 15) is 23.1 Å². The molecule has 0 amide bonds. The molecule has 12 nitrogen and oxygen atoms in total. The first-order chi connectivity index (χ1) is 22.1. The van der Waals surface area contributed by atoms with Gasteiger partial charge in [-0.25, -0.2) is 32.5 Å². The number of aromatic nitrogens is 5. The second kappa shape index (κ2) is 12.7. The molecule has 4 aromatic rings. The molecule has 16 heteroatoms. The molecule has 0 unspecified atom stereocenters. The number of esters is 1. The Morgan fingerprint density at radius 2 is 1.98 bits per heavy atom. The van der Waals surface area contributed by atoms with E-state index in [1.54, 1.807) is 15.5 Å². The standard InChI is InChI=1S/C30H32F4N8O4/c1-45-23-9-19(31)18(8-20(23)32)21-7-17(22(10-36-21)41-6-2-5-30(35,12-41)25(43)26(33)34)11-42-14-39-24-27(37-13-38-28(24)42)40-15-46-29(44)16-3-4-16/h7-10,13-14,16,25-26,43H,2-6,11-12,15,35H2,1H3,(H,37,38,40)/t25-,30-/m1/s1. The van der Waals surface area contributed by atoms with Gasteiger partial charge in [0.2, 0.25) is 0 Å². The van der Waals surface area contributed by atoms with Crippen molar-refractivity contribution in [1.82, 2.24) is 24.5 Å². The zero-order chi connectivity index (χ0) is 32.6. The van der Waals surface area contributed by atoms with Gasteiger partial charge in [0.25, 0.3) is 6.43 Å². The molecule has 1 aliphatic heterocycles. The lowest BCUT2D eigenvalue weighted by Gasteiger charge is -2.44. The second-order valence-electron chi connectivity index (χ2n) is 11.5. The molecule has 0 bridgehead atoms. The number of nitrogens with one attached hydrogen (secondary N) is 1. The Hall–Kier alpha value is -4.57. The number of carbonyl (C=O) groups is 1. The molecule has 46 heavy (non-hydrogen) atoms. The summed E-state index contributed by atoms with van der Waals surface area (Å²) in [5, 5.41) is 13.2. The van der Waals surface area contributed by atoms with Gasteiger partial charge in [-0.3, -0.25) is 9.78 Å². The number of fused-ring (bicyclic) bond motifs is 1. The summed E-state index contributed by atoms with van der Waals surface area (Å²) in [6.45, 7) is 0.324. The lowest BCUT2D eigenvalue weighted by Crippen LogP contribution is -2.63. The van der Waals surface area contributed by atoms with Crippen molar-refractivity contribution in [1.29, 1.82) is 0 Å². The van der Waals surface area contributed by atoms with Crippen LogP contribution in [0, 0.1) is 17.6 Å². The Labute approximate surface area is 260 Å². The number of piperidine rings is 1. The molecule has 2 atom stereocenters. The van der Waals surface area contributed by atoms with Gasteiger partial charge in [0.15, 0.2) is 35.3 Å². The topological polar surface area (TPSA) is 154 Å². The van der Waals surface area contributed by atoms with Crippen LogP contribution in [-0.4, -0.2) is 80.6 Å². The Kier molecular flexibility index (Phi) is 8.65. The van der Waals surface area contributed by atoms with Crippen LogP contribution in [0.4, 0.5) is 29.1 Å². The van der Waals surface area contributed by atoms with Crippen molar-refractivity contribution < 1.29 is 36.9 Å². The average Bonchev–Trinajstić information content (AvgIpc) is 3.82. The lowest BCUT2D eigenvalue weighted by atomic mass is 9.84. The third-order valence-electron chi connectivity index (χ3n) is 8.31. The van der Waals surface area contributed by atoms with E-state index < -0.39 is 29.7 Å². The fourth-order valence-electron chi connectivity index (χ4n) is 5.66. The number of rotatable bonds is 11. The number of nitrogens with two attached hydrogens (primary N) is 1. The highest BCUT2D eigenvalue weighted by atomic mass is 19.3. The zero-order valence-corrected chi connectivity index (χ0v) is 24.8. The molecular formula is C30H32F4N8O4. The summed E-state index contributed by atoms with van der Waals surface area (Å²) >= 11 is 0. The maximum Gasteiger partial charge on any atom is 0.310 e. The molecule has 1 saturated heterocycles. The van der Waals surface area contributed by atoms with Gasteiger partial charge in [-0.2, -0.15) is 0 Å². The van der Waals surface area contributed by atoms with Crippen LogP contribution >= 0.6 is 0 Å². The van der Waals surface area contributed by atoms with Crippen LogP contribution in [0.1, 0.15) is 31.2 Å². The van der Waals surface area contributed by atoms with Gasteiger partial charge in [-0.1, -0.05) is 0 Å². The minimum absolute atomic E-state index is 0.0586. The fraction of sp³-hybridized carbons (Fsp3) is 0.433. The number of alkyl halides is 2. The number of anilines is 2. The van der Waals surface area contributed by atoms with Crippen molar-refractivity contribution in [2.45, 2.75) is 50.3 Å². The highest BCUT2D eigenvalue weighted by Gasteiger charge is 2.43. The van der Waals surface area contributed by atoms with E-state index in [-0.39, 0.29) is 55.1 Å². The molecule has 1 saturated carbocycles. The quantitative estimate of drug-likeness (QED) is 0.125. The smallest absolute Gasteiger partial charge is 0.310 e. The highest BCUT2D eigenvalue weighted by Crippen LogP contribution is 2.35. The molecule has 6 rings (SSSR count). The van der Waals surface area contributed by atoms with Gasteiger partial charge < -0.3 is 35.1 Å². The zero-order valence-electron chi connectivity index (χ0n) is 24.8. The van der Waals surface area contributed by atoms with E-state index in [0.717, 1.165) is 25.0 Å². The van der Waals surface area contributed by atoms with E-state index >= 15 is 4.39 Å². The monoisotopic (exact) mass is 644 g/mol. The number of aliphatic hydroxyl groups is 1. The van der Waals surface area contributed by atoms with Crippen molar-refractivity contribution >= 4 is 28.6 Å². The van der Waals surface area contributed by atoms with Crippen molar-refractivity contribution in [2.24, 2.45) is 11.7 Å². The Balaban J connectivity index is 1.35. The number of carbonyl (C=O) groups excluding carboxylic acids is 1. The molecule has 244 valence electrons. The molecular weight excluding hydrogens is 612 g/mol. The maximum absolute atomic E-state index is 15.1. The van der Waals surface area contributed by atoms with Gasteiger partial charge in [0.05, 0.1) is 49.0 Å². The predicted molar refractivity (Wildman–Crippen MR) is 158 cm³/mol. The van der Waals surface area contributed by atoms with E-state index in [0.29, 0.717) is 41.2 Å². The molecule has 2 fully saturated rings. The van der Waals surface area contributed by atoms with E-state index in [1.165, 1.54) is 26.0 Å². The van der Waals surface area contributed by atoms with Crippen LogP contribution < -0.4 is 20.7 Å². The third kappa shape index (κ3) is 6.26. The normalized spacial score (nSPS) is 19.0. The van der Waals surface area contributed by atoms with Gasteiger partial charge in [-0.15, -0.1) is 0 Å². The molecule has 1 aromatic carbocycles. The first kappa shape index (κ1) is 31.4. The van der Waals surface area contributed by atoms with Crippen LogP contribution in [0.2, 0.25) is 0 Å². The van der Waals surface area contributed by atoms with Crippen LogP contribution in [0.25, 0.3) is 22.4 Å². The van der Waals surface area contributed by atoms with Crippen LogP contribution in [0.3, 0.4) is 0 Å². The van der Waals surface area contributed by atoms with E-state index in [4.69, 9.17) is 15.2 Å². The van der Waals surface area contributed by atoms with Crippen molar-refractivity contribution in [3.05, 3.63) is 54.2 Å². The molecule has 3 aromatic heterocycles. The minimum Gasteiger partial charge on any atom is -0.494 e. The molecule has 2 aliphatic rings. The van der Waals surface area contributed by atoms with Crippen molar-refractivity contribution in [2.75, 3.05) is 37.1 Å². The molecule has 4 N–H and O–H groups in total. The van der Waals surface area contributed by atoms with Crippen LogP contribution in [-0.2, 0) is 16.1 Å². The summed E-state index contributed by atoms with van der Waals surface area (Å²) < 4.78 is 68.6. The van der Waals surface area contributed by atoms with Crippen LogP contribution in [0.15, 0.2) is 37.1 Å². The maximum atomic E-state index is 15.1. The van der Waals surface area contributed by atoms with Gasteiger partial charge in [0.1, 0.15) is 18.2 Å². The summed E-state index contributed by atoms with van der Waals surface area (Å²) in [7, 11) is 1.23. The summed E-state index contributed by atoms with van der Waals surface area (Å²) in [6.07, 6.45) is 1.43. The van der Waals surface area contributed by atoms with Crippen molar-refractivity contribution in [3.63, 3.8) is 0 Å². The third-order valence-corrected chi connectivity index (χ3v) is 8.31. The number of hydrogen-bond donors (Lipinski definition) is 3. The number of pyridine rings is 1. The second-order valence-corrected chi connectivity index (χ2v) is 11.5. The number of nitrogens with zero attached hydrogens (tertiary/aromatic N) is 6. The molecule has 0 spiro atoms. The first-order valence-electron chi connectivity index (χ1n) is 14.7. The van der Waals surface area contributed by atoms with Gasteiger partial charge in [0, 0.05) is 24.7 Å². The lowest BCUT2D eigenvalue weighted by molar-refractivity contribution is -0.144. The number of imidazole rings is 1. The predicted octanol–water partition coefficient (Wildman–Crippen LogP) is 3.47. The minimum atomic E-state index is -3.03. The van der Waals surface area contributed by atoms with Crippen LogP contribution in [0.5, 0.6) is 5.75 Å². The van der Waals surface area contributed by atoms with Gasteiger partial charge >= 0.3 is 5.97 Å². The highest BCUT2D eigenvalue weighted by molar-refractivity contribution is 5.83. The van der Waals surface area contributed by atoms with Crippen molar-refractivity contribution in [3.8, 4) is 17.0 Å². The number of methoxy groups -OCH3 is 1. The summed E-state index contributed by atoms with van der Waals surface area (Å²) in [5.74, 6) is -1.81. The van der Waals surface area contributed by atoms with E-state index in [1.807, 2.05) is 0 Å². The first-order valence-corrected chi connectivity index (χ1v) is 14.7. The average molecular weight is 645 g/mol. The Morgan fingerprint density at radius 1 is 1.17 bits per heavy atom. The summed E-state index contributed by atoms with van der Waals surface area (Å²) in [5.41, 5.74) is 6.56. The number of benzene rings is 1. The number of aliphatic hydroxyl groups excluding tert-OH is 1. The molecule has 0 radical (unpaired) electrons. The van der Waals surface area contributed by atoms with Gasteiger partial charge in [-0.05, 0) is 43.4 Å². The largest absolute Gasteiger partial charge is 0.494 e. The fourth-order valence-corrected chi connectivity index (χ4v) is 5.66. The molecule has 1 aliphatic carbocycles. The Morgan fingerprint density at radius 3 is 2.72 bits per heavy atom. The van der Waals surface area contributed by atoms with E-state index in [2.05, 4.69) is 25.3 Å². The summed E-state index contributed by atoms with van der Waals surface area (Å²) in [4.78, 5) is 31.1. The number of halogens is 4. The summed E-state index contributed by atoms with van der Waals surface area (Å²) in [6, 6.07) is 3.48. The molecule has 4 heterocycles. The SMILES string of the molecule is COc1cc(F)c(-c2cc(Cn3cnc4c(NCOC(=O)C5CC5)ncnc43)c(N3CCC[C@](N)([C@H](O)C(F)F)C3)cn2)cc1F.